The summed E-state index contributed by atoms with van der Waals surface area (Å²) in [7, 11) is 0. The highest BCUT2D eigenvalue weighted by Crippen LogP contribution is 2.17. The molecule has 0 saturated carbocycles. The number of aliphatic hydroxyl groups is 2. The van der Waals surface area contributed by atoms with E-state index in [1.54, 1.807) is 0 Å². The maximum atomic E-state index is 13.1. The lowest BCUT2D eigenvalue weighted by Crippen LogP contribution is -2.46. The van der Waals surface area contributed by atoms with E-state index in [9.17, 15) is 19.8 Å². The van der Waals surface area contributed by atoms with Gasteiger partial charge in [-0.2, -0.15) is 0 Å². The Bertz CT molecular complexity index is 957. The third-order valence-corrected chi connectivity index (χ3v) is 10.5. The van der Waals surface area contributed by atoms with Crippen LogP contribution in [0.4, 0.5) is 0 Å². The molecule has 0 saturated heterocycles. The van der Waals surface area contributed by atoms with Crippen molar-refractivity contribution >= 4 is 11.9 Å². The first kappa shape index (κ1) is 52.8. The summed E-state index contributed by atoms with van der Waals surface area (Å²) in [5, 5.41) is 23.6. The number of hydrogen-bond donors (Lipinski definition) is 3. The van der Waals surface area contributed by atoms with Crippen molar-refractivity contribution in [3.8, 4) is 0 Å². The molecular formula is C49H89NO5. The fourth-order valence-electron chi connectivity index (χ4n) is 6.98. The average molecular weight is 772 g/mol. The molecule has 6 heteroatoms. The molecule has 0 bridgehead atoms. The van der Waals surface area contributed by atoms with Crippen molar-refractivity contribution in [3.63, 3.8) is 0 Å². The van der Waals surface area contributed by atoms with Gasteiger partial charge in [0.1, 0.15) is 6.10 Å². The number of unbranched alkanes of at least 4 members (excludes halogenated alkanes) is 24. The number of carbonyl (C=O) groups excluding carboxylic acids is 2. The lowest BCUT2D eigenvalue weighted by molar-refractivity contribution is -0.151. The van der Waals surface area contributed by atoms with Crippen LogP contribution in [0.3, 0.4) is 0 Å². The zero-order valence-electron chi connectivity index (χ0n) is 36.3. The van der Waals surface area contributed by atoms with E-state index < -0.39 is 18.2 Å². The highest BCUT2D eigenvalue weighted by molar-refractivity contribution is 5.77. The van der Waals surface area contributed by atoms with Gasteiger partial charge in [-0.05, 0) is 38.5 Å². The van der Waals surface area contributed by atoms with Gasteiger partial charge in [0.25, 0.3) is 0 Å². The molecule has 0 aromatic carbocycles. The maximum absolute atomic E-state index is 13.1. The Morgan fingerprint density at radius 1 is 0.545 bits per heavy atom. The summed E-state index contributed by atoms with van der Waals surface area (Å²) < 4.78 is 5.86. The summed E-state index contributed by atoms with van der Waals surface area (Å²) >= 11 is 0. The molecule has 0 aliphatic rings. The normalized spacial score (nSPS) is 13.8. The third kappa shape index (κ3) is 38.5. The van der Waals surface area contributed by atoms with Crippen LogP contribution in [-0.4, -0.2) is 46.9 Å². The van der Waals surface area contributed by atoms with Crippen LogP contribution in [0.25, 0.3) is 0 Å². The third-order valence-electron chi connectivity index (χ3n) is 10.5. The molecule has 0 radical (unpaired) electrons. The van der Waals surface area contributed by atoms with E-state index in [1.165, 1.54) is 122 Å². The second kappa shape index (κ2) is 43.0. The summed E-state index contributed by atoms with van der Waals surface area (Å²) in [6.45, 7) is 6.30. The first-order valence-corrected chi connectivity index (χ1v) is 23.4. The van der Waals surface area contributed by atoms with Gasteiger partial charge < -0.3 is 20.3 Å². The number of nitrogens with one attached hydrogen (secondary N) is 1. The predicted octanol–water partition coefficient (Wildman–Crippen LogP) is 13.5. The minimum atomic E-state index is -0.802. The molecule has 3 N–H and O–H groups in total. The Hall–Kier alpha value is -2.18. The maximum Gasteiger partial charge on any atom is 0.306 e. The second-order valence-corrected chi connectivity index (χ2v) is 15.9. The van der Waals surface area contributed by atoms with Crippen molar-refractivity contribution in [1.82, 2.24) is 5.32 Å². The monoisotopic (exact) mass is 772 g/mol. The van der Waals surface area contributed by atoms with Gasteiger partial charge >= 0.3 is 5.97 Å². The molecule has 0 rings (SSSR count). The summed E-state index contributed by atoms with van der Waals surface area (Å²) in [6, 6.07) is -0.719. The summed E-state index contributed by atoms with van der Waals surface area (Å²) in [5.74, 6) is -0.540. The van der Waals surface area contributed by atoms with Gasteiger partial charge in [0.2, 0.25) is 5.91 Å². The second-order valence-electron chi connectivity index (χ2n) is 15.9. The minimum absolute atomic E-state index is 0.0335. The first-order valence-electron chi connectivity index (χ1n) is 23.4. The number of allylic oxidation sites excluding steroid dienone is 8. The minimum Gasteiger partial charge on any atom is -0.462 e. The Morgan fingerprint density at radius 3 is 1.45 bits per heavy atom. The van der Waals surface area contributed by atoms with Crippen molar-refractivity contribution < 1.29 is 24.5 Å². The van der Waals surface area contributed by atoms with E-state index in [-0.39, 0.29) is 24.9 Å². The zero-order valence-corrected chi connectivity index (χ0v) is 36.3. The average Bonchev–Trinajstić information content (AvgIpc) is 3.18. The summed E-state index contributed by atoms with van der Waals surface area (Å²) in [5.41, 5.74) is 0. The summed E-state index contributed by atoms with van der Waals surface area (Å²) in [4.78, 5) is 25.9. The van der Waals surface area contributed by atoms with Gasteiger partial charge in [0.15, 0.2) is 0 Å². The molecule has 6 nitrogen and oxygen atoms in total. The van der Waals surface area contributed by atoms with Gasteiger partial charge in [0.05, 0.1) is 25.2 Å². The first-order chi connectivity index (χ1) is 27.0. The zero-order chi connectivity index (χ0) is 40.3. The van der Waals surface area contributed by atoms with E-state index in [1.807, 2.05) is 36.5 Å². The van der Waals surface area contributed by atoms with Crippen LogP contribution in [0.5, 0.6) is 0 Å². The van der Waals surface area contributed by atoms with Crippen LogP contribution in [0.2, 0.25) is 0 Å². The van der Waals surface area contributed by atoms with Gasteiger partial charge in [-0.3, -0.25) is 9.59 Å². The largest absolute Gasteiger partial charge is 0.462 e. The molecule has 0 aliphatic heterocycles. The molecule has 0 heterocycles. The highest BCUT2D eigenvalue weighted by atomic mass is 16.5. The van der Waals surface area contributed by atoms with Crippen molar-refractivity contribution in [1.29, 1.82) is 0 Å². The molecule has 0 aromatic rings. The van der Waals surface area contributed by atoms with E-state index in [4.69, 9.17) is 4.74 Å². The van der Waals surface area contributed by atoms with Crippen LogP contribution in [-0.2, 0) is 14.3 Å². The molecule has 3 unspecified atom stereocenters. The van der Waals surface area contributed by atoms with Gasteiger partial charge in [-0.15, -0.1) is 0 Å². The smallest absolute Gasteiger partial charge is 0.306 e. The van der Waals surface area contributed by atoms with Crippen LogP contribution in [0.15, 0.2) is 48.6 Å². The van der Waals surface area contributed by atoms with Crippen molar-refractivity contribution in [2.45, 2.75) is 244 Å². The Kier molecular flexibility index (Phi) is 41.2. The highest BCUT2D eigenvalue weighted by Gasteiger charge is 2.24. The standard InChI is InChI=1S/C49H89NO5/c1-4-7-10-13-16-19-22-23-24-27-29-32-35-38-41-47(52)46(44-51)50-48(53)43-45(40-37-34-31-28-25-20-17-14-11-8-5-2)55-49(54)42-39-36-33-30-26-21-18-15-12-9-6-3/h8,11,14,17,20,25,28,31,45-47,51-52H,4-7,9-10,12-13,15-16,18-19,21-24,26-27,29-30,32-44H2,1-3H3,(H,50,53)/b11-8+,17-14+,25-20-,31-28-. The van der Waals surface area contributed by atoms with Crippen molar-refractivity contribution in [2.75, 3.05) is 6.61 Å². The fraction of sp³-hybridized carbons (Fsp3) is 0.796. The number of rotatable bonds is 41. The van der Waals surface area contributed by atoms with Gasteiger partial charge in [-0.25, -0.2) is 0 Å². The van der Waals surface area contributed by atoms with Gasteiger partial charge in [-0.1, -0.05) is 223 Å². The topological polar surface area (TPSA) is 95.9 Å². The van der Waals surface area contributed by atoms with Crippen LogP contribution in [0, 0.1) is 0 Å². The molecule has 0 fully saturated rings. The molecule has 1 amide bonds. The molecule has 55 heavy (non-hydrogen) atoms. The van der Waals surface area contributed by atoms with E-state index in [2.05, 4.69) is 38.2 Å². The van der Waals surface area contributed by atoms with Crippen LogP contribution in [0.1, 0.15) is 226 Å². The Morgan fingerprint density at radius 2 is 0.982 bits per heavy atom. The van der Waals surface area contributed by atoms with Crippen molar-refractivity contribution in [2.24, 2.45) is 0 Å². The van der Waals surface area contributed by atoms with Crippen molar-refractivity contribution in [3.05, 3.63) is 48.6 Å². The number of carbonyl (C=O) groups is 2. The van der Waals surface area contributed by atoms with E-state index in [0.717, 1.165) is 57.8 Å². The van der Waals surface area contributed by atoms with Crippen LogP contribution < -0.4 is 5.32 Å². The van der Waals surface area contributed by atoms with Crippen LogP contribution >= 0.6 is 0 Å². The lowest BCUT2D eigenvalue weighted by atomic mass is 10.0. The van der Waals surface area contributed by atoms with E-state index in [0.29, 0.717) is 19.3 Å². The molecule has 3 atom stereocenters. The molecule has 320 valence electrons. The molecular weight excluding hydrogens is 683 g/mol. The predicted molar refractivity (Wildman–Crippen MR) is 236 cm³/mol. The lowest BCUT2D eigenvalue weighted by Gasteiger charge is -2.24. The SMILES string of the molecule is CC/C=C/C=C/C=C\C=C/CCCC(CC(=O)NC(CO)C(O)CCCCCCCCCCCCCCCC)OC(=O)CCCCCCCCCCCCC. The number of esters is 1. The molecule has 0 aliphatic carbocycles. The van der Waals surface area contributed by atoms with E-state index >= 15 is 0 Å². The summed E-state index contributed by atoms with van der Waals surface area (Å²) in [6.07, 6.45) is 50.3. The molecule has 0 aromatic heterocycles. The molecule has 0 spiro atoms. The van der Waals surface area contributed by atoms with Gasteiger partial charge in [0, 0.05) is 6.42 Å². The number of aliphatic hydroxyl groups excluding tert-OH is 2. The number of hydrogen-bond acceptors (Lipinski definition) is 5. The number of amides is 1. The Balaban J connectivity index is 4.61. The fourth-order valence-corrected chi connectivity index (χ4v) is 6.98. The number of ether oxygens (including phenoxy) is 1. The Labute approximate surface area is 340 Å². The quantitative estimate of drug-likeness (QED) is 0.0327.